The van der Waals surface area contributed by atoms with Crippen LogP contribution in [0.4, 0.5) is 10.9 Å². The lowest BCUT2D eigenvalue weighted by molar-refractivity contribution is 0.0781. The Hall–Kier alpha value is -2.06. The van der Waals surface area contributed by atoms with Crippen molar-refractivity contribution >= 4 is 28.2 Å². The topological polar surface area (TPSA) is 93.6 Å². The first-order valence-electron chi connectivity index (χ1n) is 6.38. The molecule has 0 aliphatic carbocycles. The number of hydrogen-bond acceptors (Lipinski definition) is 7. The molecule has 0 radical (unpaired) electrons. The maximum Gasteiger partial charge on any atom is 0.268 e. The third kappa shape index (κ3) is 3.96. The van der Waals surface area contributed by atoms with Crippen molar-refractivity contribution in [2.24, 2.45) is 0 Å². The Balaban J connectivity index is 2.01. The van der Waals surface area contributed by atoms with Gasteiger partial charge in [0, 0.05) is 20.7 Å². The number of carbonyl (C=O) groups excluding carboxylic acids is 1. The number of carbonyl (C=O) groups is 1. The van der Waals surface area contributed by atoms with Crippen LogP contribution in [0.15, 0.2) is 22.8 Å². The molecule has 0 aliphatic rings. The number of nitrogens with one attached hydrogen (secondary N) is 1. The molecule has 1 amide bonds. The Labute approximate surface area is 126 Å². The van der Waals surface area contributed by atoms with Crippen LogP contribution in [0, 0.1) is 0 Å². The highest BCUT2D eigenvalue weighted by atomic mass is 32.1. The first-order chi connectivity index (χ1) is 10.1. The van der Waals surface area contributed by atoms with Crippen molar-refractivity contribution in [2.75, 3.05) is 38.4 Å². The molecule has 2 aromatic rings. The zero-order chi connectivity index (χ0) is 15.2. The van der Waals surface area contributed by atoms with Gasteiger partial charge >= 0.3 is 0 Å². The molecular weight excluding hydrogens is 292 g/mol. The Morgan fingerprint density at radius 2 is 2.43 bits per heavy atom. The number of ether oxygens (including phenoxy) is 1. The van der Waals surface area contributed by atoms with Gasteiger partial charge in [0.15, 0.2) is 5.13 Å². The number of aromatic nitrogens is 1. The molecule has 2 heterocycles. The van der Waals surface area contributed by atoms with E-state index in [1.54, 1.807) is 31.4 Å². The molecule has 7 nitrogen and oxygen atoms in total. The highest BCUT2D eigenvalue weighted by Gasteiger charge is 2.20. The van der Waals surface area contributed by atoms with Crippen LogP contribution < -0.4 is 11.1 Å². The van der Waals surface area contributed by atoms with E-state index in [2.05, 4.69) is 10.3 Å². The second kappa shape index (κ2) is 7.09. The molecule has 114 valence electrons. The van der Waals surface area contributed by atoms with E-state index in [1.165, 1.54) is 11.3 Å². The molecule has 2 rings (SSSR count). The van der Waals surface area contributed by atoms with E-state index >= 15 is 0 Å². The van der Waals surface area contributed by atoms with Gasteiger partial charge in [0.2, 0.25) is 0 Å². The summed E-state index contributed by atoms with van der Waals surface area (Å²) in [5.74, 6) is 0.768. The van der Waals surface area contributed by atoms with Crippen LogP contribution >= 0.6 is 11.3 Å². The number of methoxy groups -OCH3 is 1. The first-order valence-corrected chi connectivity index (χ1v) is 7.20. The Morgan fingerprint density at radius 1 is 1.62 bits per heavy atom. The number of amides is 1. The summed E-state index contributed by atoms with van der Waals surface area (Å²) in [5.41, 5.74) is 5.81. The number of anilines is 2. The third-order valence-electron chi connectivity index (χ3n) is 2.75. The fourth-order valence-corrected chi connectivity index (χ4v) is 2.61. The van der Waals surface area contributed by atoms with Gasteiger partial charge in [-0.15, -0.1) is 0 Å². The van der Waals surface area contributed by atoms with E-state index in [-0.39, 0.29) is 11.7 Å². The lowest BCUT2D eigenvalue weighted by Crippen LogP contribution is -2.25. The zero-order valence-electron chi connectivity index (χ0n) is 12.0. The monoisotopic (exact) mass is 310 g/mol. The standard InChI is InChI=1S/C13H18N4O3S/c1-17(8-9-4-3-6-20-9)12(18)10-11(14)16-13(21-10)15-5-7-19-2/h3-4,6H,5,7-8,14H2,1-2H3,(H,15,16). The third-order valence-corrected chi connectivity index (χ3v) is 3.77. The maximum atomic E-state index is 12.4. The van der Waals surface area contributed by atoms with Crippen LogP contribution in [0.25, 0.3) is 0 Å². The van der Waals surface area contributed by atoms with Gasteiger partial charge in [-0.2, -0.15) is 0 Å². The molecule has 3 N–H and O–H groups in total. The predicted octanol–water partition coefficient (Wildman–Crippen LogP) is 1.65. The van der Waals surface area contributed by atoms with Gasteiger partial charge in [-0.1, -0.05) is 11.3 Å². The Morgan fingerprint density at radius 3 is 3.10 bits per heavy atom. The number of nitrogens with two attached hydrogens (primary N) is 1. The average Bonchev–Trinajstić information content (AvgIpc) is 3.08. The van der Waals surface area contributed by atoms with Gasteiger partial charge in [-0.3, -0.25) is 4.79 Å². The van der Waals surface area contributed by atoms with Crippen molar-refractivity contribution in [3.8, 4) is 0 Å². The van der Waals surface area contributed by atoms with Crippen molar-refractivity contribution in [1.82, 2.24) is 9.88 Å². The minimum absolute atomic E-state index is 0.179. The van der Waals surface area contributed by atoms with Crippen molar-refractivity contribution in [1.29, 1.82) is 0 Å². The van der Waals surface area contributed by atoms with E-state index in [1.807, 2.05) is 6.07 Å². The molecule has 0 bridgehead atoms. The highest BCUT2D eigenvalue weighted by Crippen LogP contribution is 2.26. The van der Waals surface area contributed by atoms with Crippen molar-refractivity contribution in [2.45, 2.75) is 6.54 Å². The largest absolute Gasteiger partial charge is 0.467 e. The molecular formula is C13H18N4O3S. The summed E-state index contributed by atoms with van der Waals surface area (Å²) in [6.07, 6.45) is 1.58. The number of thiazole rings is 1. The van der Waals surface area contributed by atoms with Crippen LogP contribution in [0.1, 0.15) is 15.4 Å². The summed E-state index contributed by atoms with van der Waals surface area (Å²) in [5, 5.41) is 3.67. The fraction of sp³-hybridized carbons (Fsp3) is 0.385. The summed E-state index contributed by atoms with van der Waals surface area (Å²) in [4.78, 5) is 18.5. The summed E-state index contributed by atoms with van der Waals surface area (Å²) in [7, 11) is 3.32. The summed E-state index contributed by atoms with van der Waals surface area (Å²) < 4.78 is 10.2. The molecule has 0 atom stereocenters. The Bertz CT molecular complexity index is 582. The van der Waals surface area contributed by atoms with Crippen LogP contribution in [0.5, 0.6) is 0 Å². The van der Waals surface area contributed by atoms with Gasteiger partial charge in [-0.25, -0.2) is 4.98 Å². The summed E-state index contributed by atoms with van der Waals surface area (Å²) in [6, 6.07) is 3.60. The van der Waals surface area contributed by atoms with Gasteiger partial charge in [-0.05, 0) is 12.1 Å². The molecule has 8 heteroatoms. The van der Waals surface area contributed by atoms with Crippen LogP contribution in [0.2, 0.25) is 0 Å². The Kier molecular flexibility index (Phi) is 5.18. The smallest absolute Gasteiger partial charge is 0.268 e. The minimum atomic E-state index is -0.179. The highest BCUT2D eigenvalue weighted by molar-refractivity contribution is 7.18. The molecule has 21 heavy (non-hydrogen) atoms. The first kappa shape index (κ1) is 15.3. The van der Waals surface area contributed by atoms with Gasteiger partial charge < -0.3 is 25.1 Å². The SMILES string of the molecule is COCCNc1nc(N)c(C(=O)N(C)Cc2ccco2)s1. The number of rotatable bonds is 7. The van der Waals surface area contributed by atoms with Gasteiger partial charge in [0.25, 0.3) is 5.91 Å². The van der Waals surface area contributed by atoms with Gasteiger partial charge in [0.1, 0.15) is 16.5 Å². The lowest BCUT2D eigenvalue weighted by atomic mass is 10.3. The van der Waals surface area contributed by atoms with Crippen LogP contribution in [-0.4, -0.2) is 43.1 Å². The molecule has 0 spiro atoms. The second-order valence-corrected chi connectivity index (χ2v) is 5.39. The number of nitrogen functional groups attached to an aromatic ring is 1. The number of nitrogens with zero attached hydrogens (tertiary/aromatic N) is 2. The quantitative estimate of drug-likeness (QED) is 0.755. The second-order valence-electron chi connectivity index (χ2n) is 4.39. The average molecular weight is 310 g/mol. The number of hydrogen-bond donors (Lipinski definition) is 2. The van der Waals surface area contributed by atoms with Crippen molar-refractivity contribution < 1.29 is 13.9 Å². The summed E-state index contributed by atoms with van der Waals surface area (Å²) >= 11 is 1.23. The molecule has 0 saturated carbocycles. The van der Waals surface area contributed by atoms with Crippen molar-refractivity contribution in [3.63, 3.8) is 0 Å². The molecule has 0 aliphatic heterocycles. The van der Waals surface area contributed by atoms with Crippen molar-refractivity contribution in [3.05, 3.63) is 29.0 Å². The summed E-state index contributed by atoms with van der Waals surface area (Å²) in [6.45, 7) is 1.55. The molecule has 0 aromatic carbocycles. The van der Waals surface area contributed by atoms with Crippen LogP contribution in [0.3, 0.4) is 0 Å². The predicted molar refractivity (Wildman–Crippen MR) is 81.4 cm³/mol. The molecule has 0 saturated heterocycles. The molecule has 2 aromatic heterocycles. The van der Waals surface area contributed by atoms with E-state index in [9.17, 15) is 4.79 Å². The van der Waals surface area contributed by atoms with E-state index in [0.717, 1.165) is 0 Å². The normalized spacial score (nSPS) is 10.6. The van der Waals surface area contributed by atoms with E-state index < -0.39 is 0 Å². The van der Waals surface area contributed by atoms with E-state index in [4.69, 9.17) is 14.9 Å². The fourth-order valence-electron chi connectivity index (χ4n) is 1.70. The molecule has 0 unspecified atom stereocenters. The van der Waals surface area contributed by atoms with Gasteiger partial charge in [0.05, 0.1) is 19.4 Å². The lowest BCUT2D eigenvalue weighted by Gasteiger charge is -2.14. The zero-order valence-corrected chi connectivity index (χ0v) is 12.8. The maximum absolute atomic E-state index is 12.4. The van der Waals surface area contributed by atoms with Crippen LogP contribution in [-0.2, 0) is 11.3 Å². The minimum Gasteiger partial charge on any atom is -0.467 e. The van der Waals surface area contributed by atoms with E-state index in [0.29, 0.717) is 35.5 Å². The molecule has 0 fully saturated rings. The number of furan rings is 1.